The molecule has 1 amide bonds. The Bertz CT molecular complexity index is 1100. The molecule has 4 rings (SSSR count). The number of benzene rings is 2. The first-order chi connectivity index (χ1) is 13.8. The van der Waals surface area contributed by atoms with Crippen LogP contribution >= 0.6 is 0 Å². The molecule has 1 N–H and O–H groups in total. The highest BCUT2D eigenvalue weighted by molar-refractivity contribution is 7.91. The molecule has 0 aromatic heterocycles. The van der Waals surface area contributed by atoms with Gasteiger partial charge in [-0.2, -0.15) is 5.26 Å². The Balaban J connectivity index is 1.60. The van der Waals surface area contributed by atoms with Gasteiger partial charge in [-0.15, -0.1) is 0 Å². The van der Waals surface area contributed by atoms with Gasteiger partial charge in [-0.1, -0.05) is 12.1 Å². The van der Waals surface area contributed by atoms with Crippen molar-refractivity contribution in [1.82, 2.24) is 0 Å². The van der Waals surface area contributed by atoms with Crippen molar-refractivity contribution in [3.63, 3.8) is 0 Å². The fourth-order valence-corrected chi connectivity index (χ4v) is 5.32. The summed E-state index contributed by atoms with van der Waals surface area (Å²) in [6.45, 7) is 1.02. The minimum absolute atomic E-state index is 0.0355. The Labute approximate surface area is 169 Å². The number of hydrogen-bond donors (Lipinski definition) is 1. The average Bonchev–Trinajstić information content (AvgIpc) is 2.90. The van der Waals surface area contributed by atoms with E-state index in [9.17, 15) is 13.2 Å². The fraction of sp³-hybridized carbons (Fsp3) is 0.333. The standard InChI is InChI=1S/C21H21N3O4S/c1-24-19-7-6-17(12-18(19)21(20(24)25)8-10-28-11-9-21)23-29(26,27)14-16-4-2-15(13-22)3-5-16/h2-7,12,23H,8-11,14H2,1H3. The zero-order chi connectivity index (χ0) is 20.6. The maximum atomic E-state index is 12.9. The first-order valence-electron chi connectivity index (χ1n) is 9.35. The second kappa shape index (κ2) is 7.17. The minimum Gasteiger partial charge on any atom is -0.381 e. The summed E-state index contributed by atoms with van der Waals surface area (Å²) in [6.07, 6.45) is 1.18. The topological polar surface area (TPSA) is 99.5 Å². The van der Waals surface area contributed by atoms with E-state index in [4.69, 9.17) is 10.00 Å². The molecule has 0 unspecified atom stereocenters. The maximum absolute atomic E-state index is 12.9. The summed E-state index contributed by atoms with van der Waals surface area (Å²) < 4.78 is 33.4. The number of amides is 1. The predicted octanol–water partition coefficient (Wildman–Crippen LogP) is 2.52. The molecule has 0 bridgehead atoms. The van der Waals surface area contributed by atoms with Crippen molar-refractivity contribution in [3.05, 3.63) is 59.2 Å². The number of fused-ring (bicyclic) bond motifs is 2. The Hall–Kier alpha value is -2.89. The van der Waals surface area contributed by atoms with Gasteiger partial charge < -0.3 is 9.64 Å². The van der Waals surface area contributed by atoms with Crippen molar-refractivity contribution >= 4 is 27.3 Å². The lowest BCUT2D eigenvalue weighted by Crippen LogP contribution is -2.42. The molecule has 7 nitrogen and oxygen atoms in total. The van der Waals surface area contributed by atoms with Crippen molar-refractivity contribution in [2.75, 3.05) is 29.9 Å². The Morgan fingerprint density at radius 3 is 2.52 bits per heavy atom. The first-order valence-corrected chi connectivity index (χ1v) is 11.0. The lowest BCUT2D eigenvalue weighted by molar-refractivity contribution is -0.126. The van der Waals surface area contributed by atoms with Crippen LogP contribution < -0.4 is 9.62 Å². The average molecular weight is 411 g/mol. The molecule has 1 fully saturated rings. The van der Waals surface area contributed by atoms with Gasteiger partial charge in [0.1, 0.15) is 0 Å². The molecule has 0 aliphatic carbocycles. The zero-order valence-corrected chi connectivity index (χ0v) is 16.8. The van der Waals surface area contributed by atoms with E-state index in [1.54, 1.807) is 54.4 Å². The van der Waals surface area contributed by atoms with Crippen molar-refractivity contribution in [2.45, 2.75) is 24.0 Å². The van der Waals surface area contributed by atoms with E-state index < -0.39 is 15.4 Å². The highest BCUT2D eigenvalue weighted by atomic mass is 32.2. The molecule has 0 atom stereocenters. The monoisotopic (exact) mass is 411 g/mol. The molecule has 29 heavy (non-hydrogen) atoms. The van der Waals surface area contributed by atoms with Crippen molar-refractivity contribution < 1.29 is 17.9 Å². The largest absolute Gasteiger partial charge is 0.381 e. The Kier molecular flexibility index (Phi) is 4.81. The summed E-state index contributed by atoms with van der Waals surface area (Å²) in [4.78, 5) is 14.6. The van der Waals surface area contributed by atoms with Gasteiger partial charge in [-0.25, -0.2) is 8.42 Å². The zero-order valence-electron chi connectivity index (χ0n) is 16.0. The number of carbonyl (C=O) groups excluding carboxylic acids is 1. The van der Waals surface area contributed by atoms with Crippen LogP contribution in [0.15, 0.2) is 42.5 Å². The van der Waals surface area contributed by atoms with Crippen LogP contribution in [0.1, 0.15) is 29.5 Å². The molecule has 2 aliphatic heterocycles. The first kappa shape index (κ1) is 19.4. The number of likely N-dealkylation sites (N-methyl/N-ethyl adjacent to an activating group) is 1. The third-order valence-electron chi connectivity index (χ3n) is 5.65. The van der Waals surface area contributed by atoms with Crippen molar-refractivity contribution in [1.29, 1.82) is 5.26 Å². The van der Waals surface area contributed by atoms with E-state index in [1.165, 1.54) is 0 Å². The summed E-state index contributed by atoms with van der Waals surface area (Å²) >= 11 is 0. The second-order valence-electron chi connectivity index (χ2n) is 7.46. The number of carbonyl (C=O) groups is 1. The number of nitrogens with zero attached hydrogens (tertiary/aromatic N) is 2. The van der Waals surface area contributed by atoms with Gasteiger partial charge in [0.15, 0.2) is 0 Å². The van der Waals surface area contributed by atoms with E-state index >= 15 is 0 Å². The highest BCUT2D eigenvalue weighted by Gasteiger charge is 2.50. The summed E-state index contributed by atoms with van der Waals surface area (Å²) in [6, 6.07) is 13.7. The quantitative estimate of drug-likeness (QED) is 0.833. The van der Waals surface area contributed by atoms with Crippen LogP contribution in [0.5, 0.6) is 0 Å². The van der Waals surface area contributed by atoms with Gasteiger partial charge in [0, 0.05) is 31.6 Å². The Morgan fingerprint density at radius 1 is 1.17 bits per heavy atom. The minimum atomic E-state index is -3.65. The number of sulfonamides is 1. The SMILES string of the molecule is CN1C(=O)C2(CCOCC2)c2cc(NS(=O)(=O)Cc3ccc(C#N)cc3)ccc21. The van der Waals surface area contributed by atoms with Crippen molar-refractivity contribution in [3.8, 4) is 6.07 Å². The smallest absolute Gasteiger partial charge is 0.237 e. The number of ether oxygens (including phenoxy) is 1. The van der Waals surface area contributed by atoms with Crippen LogP contribution in [0, 0.1) is 11.3 Å². The number of nitriles is 1. The molecular formula is C21H21N3O4S. The van der Waals surface area contributed by atoms with Crippen LogP contribution in [0.3, 0.4) is 0 Å². The lowest BCUT2D eigenvalue weighted by Gasteiger charge is -2.32. The normalized spacial score (nSPS) is 17.8. The van der Waals surface area contributed by atoms with E-state index in [-0.39, 0.29) is 11.7 Å². The Morgan fingerprint density at radius 2 is 1.86 bits per heavy atom. The van der Waals surface area contributed by atoms with Crippen LogP contribution in [0.25, 0.3) is 0 Å². The molecule has 1 saturated heterocycles. The number of anilines is 2. The molecule has 2 aromatic rings. The van der Waals surface area contributed by atoms with Gasteiger partial charge in [0.25, 0.3) is 0 Å². The van der Waals surface area contributed by atoms with Crippen molar-refractivity contribution in [2.24, 2.45) is 0 Å². The van der Waals surface area contributed by atoms with Gasteiger partial charge in [0.2, 0.25) is 15.9 Å². The van der Waals surface area contributed by atoms with E-state index in [0.29, 0.717) is 42.9 Å². The highest BCUT2D eigenvalue weighted by Crippen LogP contribution is 2.48. The summed E-state index contributed by atoms with van der Waals surface area (Å²) in [5.74, 6) is -0.165. The molecule has 0 radical (unpaired) electrons. The molecular weight excluding hydrogens is 390 g/mol. The van der Waals surface area contributed by atoms with E-state index in [1.807, 2.05) is 6.07 Å². The third-order valence-corrected chi connectivity index (χ3v) is 6.91. The number of nitrogens with one attached hydrogen (secondary N) is 1. The van der Waals surface area contributed by atoms with Crippen LogP contribution in [0.2, 0.25) is 0 Å². The molecule has 2 aliphatic rings. The molecule has 2 heterocycles. The second-order valence-corrected chi connectivity index (χ2v) is 9.18. The molecule has 1 spiro atoms. The van der Waals surface area contributed by atoms with E-state index in [0.717, 1.165) is 11.3 Å². The van der Waals surface area contributed by atoms with Gasteiger partial charge >= 0.3 is 0 Å². The number of hydrogen-bond acceptors (Lipinski definition) is 5. The molecule has 2 aromatic carbocycles. The molecule has 8 heteroatoms. The van der Waals surface area contributed by atoms with Crippen LogP contribution in [0.4, 0.5) is 11.4 Å². The van der Waals surface area contributed by atoms with Gasteiger partial charge in [-0.05, 0) is 54.3 Å². The summed E-state index contributed by atoms with van der Waals surface area (Å²) in [7, 11) is -1.90. The van der Waals surface area contributed by atoms with Gasteiger partial charge in [0.05, 0.1) is 22.8 Å². The fourth-order valence-electron chi connectivity index (χ4n) is 4.13. The summed E-state index contributed by atoms with van der Waals surface area (Å²) in [5, 5.41) is 8.86. The molecule has 150 valence electrons. The third kappa shape index (κ3) is 3.48. The van der Waals surface area contributed by atoms with Crippen LogP contribution in [-0.4, -0.2) is 34.6 Å². The molecule has 0 saturated carbocycles. The van der Waals surface area contributed by atoms with Gasteiger partial charge in [-0.3, -0.25) is 9.52 Å². The maximum Gasteiger partial charge on any atom is 0.237 e. The van der Waals surface area contributed by atoms with E-state index in [2.05, 4.69) is 4.72 Å². The lowest BCUT2D eigenvalue weighted by atomic mass is 9.75. The number of rotatable bonds is 4. The van der Waals surface area contributed by atoms with Crippen LogP contribution in [-0.2, 0) is 30.7 Å². The predicted molar refractivity (Wildman–Crippen MR) is 109 cm³/mol. The summed E-state index contributed by atoms with van der Waals surface area (Å²) in [5.41, 5.74) is 2.53.